The Hall–Kier alpha value is -4.56. The van der Waals surface area contributed by atoms with Gasteiger partial charge in [0.2, 0.25) is 0 Å². The van der Waals surface area contributed by atoms with Crippen LogP contribution in [-0.2, 0) is 27.3 Å². The Balaban J connectivity index is 1.74. The largest absolute Gasteiger partial charge is 0.465 e. The van der Waals surface area contributed by atoms with Gasteiger partial charge in [-0.25, -0.2) is 21.8 Å². The summed E-state index contributed by atoms with van der Waals surface area (Å²) in [6, 6.07) is 22.0. The van der Waals surface area contributed by atoms with E-state index in [2.05, 4.69) is 0 Å². The summed E-state index contributed by atoms with van der Waals surface area (Å²) in [5, 5.41) is 0. The average molecular weight is 610 g/mol. The van der Waals surface area contributed by atoms with E-state index in [9.17, 15) is 27.1 Å². The summed E-state index contributed by atoms with van der Waals surface area (Å²) >= 11 is -5.08. The lowest BCUT2D eigenvalue weighted by atomic mass is 10.1. The zero-order chi connectivity index (χ0) is 30.6. The van der Waals surface area contributed by atoms with E-state index < -0.39 is 34.4 Å². The molecule has 0 saturated carbocycles. The first-order valence-corrected chi connectivity index (χ1v) is 14.4. The molecular formula is C29H27N3O8S2. The third-order valence-corrected chi connectivity index (χ3v) is 7.57. The number of rotatable bonds is 10. The average Bonchev–Trinajstić information content (AvgIpc) is 2.95. The number of benzene rings is 4. The first-order chi connectivity index (χ1) is 20.0. The second-order valence-electron chi connectivity index (χ2n) is 9.04. The number of amides is 1. The summed E-state index contributed by atoms with van der Waals surface area (Å²) in [7, 11) is 1.18. The molecule has 4 aromatic carbocycles. The molecule has 0 aromatic heterocycles. The van der Waals surface area contributed by atoms with Gasteiger partial charge in [0.25, 0.3) is 28.4 Å². The van der Waals surface area contributed by atoms with Crippen molar-refractivity contribution in [1.29, 1.82) is 0 Å². The predicted octanol–water partition coefficient (Wildman–Crippen LogP) is 5.53. The third-order valence-electron chi connectivity index (χ3n) is 6.13. The molecule has 0 saturated heterocycles. The molecule has 0 bridgehead atoms. The summed E-state index contributed by atoms with van der Waals surface area (Å²) in [5.41, 5.74) is 8.22. The molecular weight excluding hydrogens is 582 g/mol. The van der Waals surface area contributed by atoms with Crippen LogP contribution in [0.4, 0.5) is 22.7 Å². The van der Waals surface area contributed by atoms with E-state index in [1.807, 2.05) is 13.8 Å². The van der Waals surface area contributed by atoms with Gasteiger partial charge in [-0.1, -0.05) is 35.4 Å². The second kappa shape index (κ2) is 13.0. The van der Waals surface area contributed by atoms with Crippen LogP contribution in [-0.4, -0.2) is 36.5 Å². The molecule has 0 aliphatic rings. The molecule has 4 rings (SSSR count). The molecule has 4 aromatic rings. The summed E-state index contributed by atoms with van der Waals surface area (Å²) in [6.07, 6.45) is 0. The number of anilines is 4. The second-order valence-corrected chi connectivity index (χ2v) is 10.7. The molecule has 13 heteroatoms. The fourth-order valence-corrected chi connectivity index (χ4v) is 5.36. The Labute approximate surface area is 247 Å². The van der Waals surface area contributed by atoms with Gasteiger partial charge in [-0.05, 0) is 74.5 Å². The van der Waals surface area contributed by atoms with Crippen molar-refractivity contribution in [3.8, 4) is 11.5 Å². The Morgan fingerprint density at radius 1 is 0.690 bits per heavy atom. The van der Waals surface area contributed by atoms with Crippen LogP contribution in [0, 0.1) is 13.8 Å². The Bertz CT molecular complexity index is 1680. The highest BCUT2D eigenvalue weighted by Gasteiger charge is 2.25. The van der Waals surface area contributed by atoms with Crippen LogP contribution in [0.3, 0.4) is 0 Å². The Morgan fingerprint density at radius 3 is 1.48 bits per heavy atom. The van der Waals surface area contributed by atoms with Crippen LogP contribution < -0.4 is 19.1 Å². The number of nitrogens with zero attached hydrogens (tertiary/aromatic N) is 2. The lowest BCUT2D eigenvalue weighted by Gasteiger charge is -2.23. The molecule has 11 nitrogen and oxygen atoms in total. The number of methoxy groups -OCH3 is 1. The fraction of sp³-hybridized carbons (Fsp3) is 0.103. The number of nitrogens with two attached hydrogens (primary N) is 1. The molecule has 0 fully saturated rings. The van der Waals surface area contributed by atoms with E-state index in [1.165, 1.54) is 43.5 Å². The van der Waals surface area contributed by atoms with Gasteiger partial charge in [-0.3, -0.25) is 13.9 Å². The summed E-state index contributed by atoms with van der Waals surface area (Å²) in [6.45, 7) is 3.74. The SMILES string of the molecule is COC(=O)c1cc(Oc2ccc(N(c3ccc(C)cc3)S(=O)O)c(C(N)=O)c2)ccc1N(c1ccc(C)cc1)S(=O)O. The summed E-state index contributed by atoms with van der Waals surface area (Å²) in [4.78, 5) is 25.1. The highest BCUT2D eigenvalue weighted by atomic mass is 32.2. The van der Waals surface area contributed by atoms with Crippen LogP contribution in [0.5, 0.6) is 11.5 Å². The standard InChI is InChI=1S/C29H27N3O8S2/c1-18-4-8-20(9-5-18)31(41(35)36)26-14-12-22(16-24(26)28(30)33)40-23-13-15-27(25(17-23)29(34)39-3)32(42(37)38)21-10-6-19(2)7-11-21/h4-17H,1-3H3,(H2,30,33)(H,35,36)(H,37,38). The number of hydrogen-bond acceptors (Lipinski definition) is 6. The monoisotopic (exact) mass is 609 g/mol. The number of aryl methyl sites for hydroxylation is 2. The minimum absolute atomic E-state index is 0.0639. The van der Waals surface area contributed by atoms with E-state index in [-0.39, 0.29) is 34.0 Å². The molecule has 218 valence electrons. The zero-order valence-electron chi connectivity index (χ0n) is 22.7. The quantitative estimate of drug-likeness (QED) is 0.156. The van der Waals surface area contributed by atoms with Gasteiger partial charge in [0, 0.05) is 0 Å². The van der Waals surface area contributed by atoms with Gasteiger partial charge in [-0.2, -0.15) is 0 Å². The molecule has 0 radical (unpaired) electrons. The molecule has 0 spiro atoms. The van der Waals surface area contributed by atoms with Crippen LogP contribution in [0.25, 0.3) is 0 Å². The van der Waals surface area contributed by atoms with Crippen LogP contribution >= 0.6 is 0 Å². The van der Waals surface area contributed by atoms with Crippen molar-refractivity contribution < 1.29 is 36.6 Å². The molecule has 0 aliphatic carbocycles. The Kier molecular flexibility index (Phi) is 9.38. The van der Waals surface area contributed by atoms with Gasteiger partial charge in [-0.15, -0.1) is 0 Å². The lowest BCUT2D eigenvalue weighted by Crippen LogP contribution is -2.23. The summed E-state index contributed by atoms with van der Waals surface area (Å²) < 4.78 is 57.7. The topological polar surface area (TPSA) is 160 Å². The molecule has 2 atom stereocenters. The van der Waals surface area contributed by atoms with Gasteiger partial charge >= 0.3 is 5.97 Å². The fourth-order valence-electron chi connectivity index (χ4n) is 4.11. The first kappa shape index (κ1) is 30.4. The van der Waals surface area contributed by atoms with Gasteiger partial charge in [0.1, 0.15) is 11.5 Å². The van der Waals surface area contributed by atoms with Gasteiger partial charge < -0.3 is 15.2 Å². The minimum atomic E-state index is -2.54. The molecule has 0 aliphatic heterocycles. The van der Waals surface area contributed by atoms with E-state index in [1.54, 1.807) is 48.5 Å². The minimum Gasteiger partial charge on any atom is -0.465 e. The first-order valence-electron chi connectivity index (χ1n) is 12.3. The Morgan fingerprint density at radius 2 is 1.10 bits per heavy atom. The molecule has 0 heterocycles. The van der Waals surface area contributed by atoms with Crippen molar-refractivity contribution in [1.82, 2.24) is 0 Å². The van der Waals surface area contributed by atoms with E-state index in [0.29, 0.717) is 11.4 Å². The van der Waals surface area contributed by atoms with Crippen molar-refractivity contribution >= 4 is 57.2 Å². The lowest BCUT2D eigenvalue weighted by molar-refractivity contribution is 0.0601. The maximum Gasteiger partial charge on any atom is 0.340 e. The number of carbonyl (C=O) groups excluding carboxylic acids is 2. The number of primary amides is 1. The number of hydrogen-bond donors (Lipinski definition) is 3. The van der Waals surface area contributed by atoms with E-state index in [0.717, 1.165) is 19.7 Å². The maximum absolute atomic E-state index is 12.7. The number of ether oxygens (including phenoxy) is 2. The number of esters is 1. The predicted molar refractivity (Wildman–Crippen MR) is 161 cm³/mol. The van der Waals surface area contributed by atoms with Crippen molar-refractivity contribution in [3.05, 3.63) is 107 Å². The van der Waals surface area contributed by atoms with Gasteiger partial charge in [0.05, 0.1) is 41.0 Å². The normalized spacial score (nSPS) is 12.2. The molecule has 4 N–H and O–H groups in total. The third kappa shape index (κ3) is 6.66. The van der Waals surface area contributed by atoms with Crippen molar-refractivity contribution in [2.24, 2.45) is 5.73 Å². The van der Waals surface area contributed by atoms with Gasteiger partial charge in [0.15, 0.2) is 0 Å². The van der Waals surface area contributed by atoms with Crippen LogP contribution in [0.15, 0.2) is 84.9 Å². The van der Waals surface area contributed by atoms with E-state index in [4.69, 9.17) is 15.2 Å². The van der Waals surface area contributed by atoms with Crippen molar-refractivity contribution in [2.45, 2.75) is 13.8 Å². The molecule has 2 unspecified atom stereocenters. The molecule has 42 heavy (non-hydrogen) atoms. The highest BCUT2D eigenvalue weighted by Crippen LogP contribution is 2.37. The zero-order valence-corrected chi connectivity index (χ0v) is 24.3. The maximum atomic E-state index is 12.7. The smallest absolute Gasteiger partial charge is 0.340 e. The van der Waals surface area contributed by atoms with Crippen molar-refractivity contribution in [3.63, 3.8) is 0 Å². The summed E-state index contributed by atoms with van der Waals surface area (Å²) in [5.74, 6) is -1.39. The van der Waals surface area contributed by atoms with Crippen LogP contribution in [0.2, 0.25) is 0 Å². The highest BCUT2D eigenvalue weighted by molar-refractivity contribution is 7.81. The molecule has 1 amide bonds. The van der Waals surface area contributed by atoms with Crippen molar-refractivity contribution in [2.75, 3.05) is 15.7 Å². The number of carbonyl (C=O) groups is 2. The van der Waals surface area contributed by atoms with Crippen LogP contribution in [0.1, 0.15) is 31.8 Å². The van der Waals surface area contributed by atoms with E-state index >= 15 is 0 Å².